The Kier molecular flexibility index (Phi) is 3.13. The first-order chi connectivity index (χ1) is 11.2. The number of rotatable bonds is 3. The van der Waals surface area contributed by atoms with E-state index in [-0.39, 0.29) is 5.69 Å². The molecule has 0 aliphatic rings. The third kappa shape index (κ3) is 2.47. The van der Waals surface area contributed by atoms with E-state index in [1.54, 1.807) is 12.1 Å². The van der Waals surface area contributed by atoms with E-state index in [1.807, 2.05) is 24.4 Å². The van der Waals surface area contributed by atoms with Crippen LogP contribution in [0, 0.1) is 10.1 Å². The molecule has 23 heavy (non-hydrogen) atoms. The Balaban J connectivity index is 1.69. The third-order valence-electron chi connectivity index (χ3n) is 3.55. The van der Waals surface area contributed by atoms with Gasteiger partial charge in [0.1, 0.15) is 10.0 Å². The van der Waals surface area contributed by atoms with Crippen LogP contribution in [-0.4, -0.2) is 20.1 Å². The number of hydrogen-bond acceptors (Lipinski definition) is 5. The zero-order valence-corrected chi connectivity index (χ0v) is 12.6. The number of fused-ring (bicyclic) bond motifs is 1. The van der Waals surface area contributed by atoms with Gasteiger partial charge in [0.2, 0.25) is 0 Å². The molecule has 7 heteroatoms. The quantitative estimate of drug-likeness (QED) is 0.451. The summed E-state index contributed by atoms with van der Waals surface area (Å²) in [5, 5.41) is 21.8. The highest BCUT2D eigenvalue weighted by atomic mass is 32.1. The van der Waals surface area contributed by atoms with Gasteiger partial charge in [0.15, 0.2) is 0 Å². The van der Waals surface area contributed by atoms with Gasteiger partial charge >= 0.3 is 0 Å². The number of nitrogens with zero attached hydrogens (tertiary/aromatic N) is 3. The van der Waals surface area contributed by atoms with Crippen molar-refractivity contribution in [3.8, 4) is 21.1 Å². The molecule has 112 valence electrons. The van der Waals surface area contributed by atoms with Crippen LogP contribution in [0.1, 0.15) is 0 Å². The summed E-state index contributed by atoms with van der Waals surface area (Å²) < 4.78 is 0. The molecule has 0 aliphatic carbocycles. The largest absolute Gasteiger partial charge is 0.361 e. The van der Waals surface area contributed by atoms with E-state index in [0.717, 1.165) is 32.0 Å². The maximum absolute atomic E-state index is 10.7. The molecule has 0 atom stereocenters. The number of nitrogens with one attached hydrogen (secondary N) is 1. The van der Waals surface area contributed by atoms with Crippen LogP contribution >= 0.6 is 11.3 Å². The third-order valence-corrected chi connectivity index (χ3v) is 4.57. The molecular weight excluding hydrogens is 312 g/mol. The first kappa shape index (κ1) is 13.6. The molecule has 1 N–H and O–H groups in total. The Morgan fingerprint density at radius 1 is 0.957 bits per heavy atom. The second-order valence-corrected chi connectivity index (χ2v) is 5.97. The molecule has 0 unspecified atom stereocenters. The van der Waals surface area contributed by atoms with E-state index in [4.69, 9.17) is 0 Å². The molecule has 0 bridgehead atoms. The number of non-ortho nitro benzene ring substituents is 1. The lowest BCUT2D eigenvalue weighted by Crippen LogP contribution is -1.86. The molecule has 0 spiro atoms. The Morgan fingerprint density at radius 3 is 2.39 bits per heavy atom. The minimum absolute atomic E-state index is 0.0661. The molecule has 0 saturated heterocycles. The molecule has 2 heterocycles. The Morgan fingerprint density at radius 2 is 1.65 bits per heavy atom. The van der Waals surface area contributed by atoms with Crippen LogP contribution in [0.25, 0.3) is 32.0 Å². The van der Waals surface area contributed by atoms with Crippen molar-refractivity contribution in [2.24, 2.45) is 0 Å². The molecule has 0 aliphatic heterocycles. The summed E-state index contributed by atoms with van der Waals surface area (Å²) in [4.78, 5) is 13.4. The zero-order valence-electron chi connectivity index (χ0n) is 11.8. The number of nitro benzene ring substituents is 1. The summed E-state index contributed by atoms with van der Waals surface area (Å²) in [6, 6.07) is 14.4. The van der Waals surface area contributed by atoms with Crippen molar-refractivity contribution in [2.45, 2.75) is 0 Å². The molecule has 0 amide bonds. The van der Waals surface area contributed by atoms with Gasteiger partial charge in [0.05, 0.1) is 4.92 Å². The minimum atomic E-state index is -0.415. The normalized spacial score (nSPS) is 11.0. The maximum atomic E-state index is 10.7. The standard InChI is InChI=1S/C16H10N4O2S/c21-20(22)13-4-1-10(2-5-13)15-18-19-16(23-15)12-3-6-14-11(9-12)7-8-17-14/h1-9,17H. The number of hydrogen-bond donors (Lipinski definition) is 1. The van der Waals surface area contributed by atoms with Crippen LogP contribution in [0.5, 0.6) is 0 Å². The number of aromatic amines is 1. The highest BCUT2D eigenvalue weighted by Gasteiger charge is 2.11. The smallest absolute Gasteiger partial charge is 0.269 e. The fourth-order valence-electron chi connectivity index (χ4n) is 2.37. The fraction of sp³-hybridized carbons (Fsp3) is 0. The second kappa shape index (κ2) is 5.29. The fourth-order valence-corrected chi connectivity index (χ4v) is 3.21. The van der Waals surface area contributed by atoms with Gasteiger partial charge < -0.3 is 4.98 Å². The van der Waals surface area contributed by atoms with Crippen molar-refractivity contribution in [1.29, 1.82) is 0 Å². The number of aromatic nitrogens is 3. The maximum Gasteiger partial charge on any atom is 0.269 e. The predicted molar refractivity (Wildman–Crippen MR) is 89.3 cm³/mol. The Bertz CT molecular complexity index is 1000. The van der Waals surface area contributed by atoms with E-state index in [1.165, 1.54) is 23.5 Å². The first-order valence-corrected chi connectivity index (χ1v) is 7.68. The molecule has 6 nitrogen and oxygen atoms in total. The van der Waals surface area contributed by atoms with E-state index in [0.29, 0.717) is 0 Å². The van der Waals surface area contributed by atoms with Crippen LogP contribution in [-0.2, 0) is 0 Å². The van der Waals surface area contributed by atoms with E-state index >= 15 is 0 Å². The average molecular weight is 322 g/mol. The molecule has 0 fully saturated rings. The van der Waals surface area contributed by atoms with Gasteiger partial charge in [-0.15, -0.1) is 10.2 Å². The van der Waals surface area contributed by atoms with Gasteiger partial charge in [-0.05, 0) is 36.4 Å². The van der Waals surface area contributed by atoms with Gasteiger partial charge in [-0.25, -0.2) is 0 Å². The van der Waals surface area contributed by atoms with E-state index < -0.39 is 4.92 Å². The highest BCUT2D eigenvalue weighted by molar-refractivity contribution is 7.17. The SMILES string of the molecule is O=[N+]([O-])c1ccc(-c2nnc(-c3ccc4[nH]ccc4c3)s2)cc1. The Hall–Kier alpha value is -3.06. The van der Waals surface area contributed by atoms with Crippen molar-refractivity contribution in [2.75, 3.05) is 0 Å². The molecule has 2 aromatic carbocycles. The summed E-state index contributed by atoms with van der Waals surface area (Å²) >= 11 is 1.46. The Labute approximate surface area is 134 Å². The van der Waals surface area contributed by atoms with Crippen molar-refractivity contribution in [3.63, 3.8) is 0 Å². The number of H-pyrrole nitrogens is 1. The molecule has 2 aromatic heterocycles. The molecule has 4 rings (SSSR count). The van der Waals surface area contributed by atoms with Crippen LogP contribution < -0.4 is 0 Å². The summed E-state index contributed by atoms with van der Waals surface area (Å²) in [6.07, 6.45) is 1.90. The summed E-state index contributed by atoms with van der Waals surface area (Å²) in [5.74, 6) is 0. The average Bonchev–Trinajstić information content (AvgIpc) is 3.23. The van der Waals surface area contributed by atoms with Crippen LogP contribution in [0.4, 0.5) is 5.69 Å². The van der Waals surface area contributed by atoms with Crippen molar-refractivity contribution in [3.05, 3.63) is 64.8 Å². The number of nitro groups is 1. The summed E-state index contributed by atoms with van der Waals surface area (Å²) in [6.45, 7) is 0. The molecular formula is C16H10N4O2S. The molecule has 4 aromatic rings. The van der Waals surface area contributed by atoms with Crippen molar-refractivity contribution >= 4 is 27.9 Å². The van der Waals surface area contributed by atoms with Crippen LogP contribution in [0.2, 0.25) is 0 Å². The van der Waals surface area contributed by atoms with E-state index in [2.05, 4.69) is 21.2 Å². The van der Waals surface area contributed by atoms with Gasteiger partial charge in [-0.3, -0.25) is 10.1 Å². The van der Waals surface area contributed by atoms with Gasteiger partial charge in [0, 0.05) is 40.4 Å². The predicted octanol–water partition coefficient (Wildman–Crippen LogP) is 4.26. The number of benzene rings is 2. The van der Waals surface area contributed by atoms with Crippen molar-refractivity contribution in [1.82, 2.24) is 15.2 Å². The lowest BCUT2D eigenvalue weighted by molar-refractivity contribution is -0.384. The van der Waals surface area contributed by atoms with Crippen LogP contribution in [0.3, 0.4) is 0 Å². The van der Waals surface area contributed by atoms with E-state index in [9.17, 15) is 10.1 Å². The zero-order chi connectivity index (χ0) is 15.8. The topological polar surface area (TPSA) is 84.7 Å². The monoisotopic (exact) mass is 322 g/mol. The van der Waals surface area contributed by atoms with Crippen LogP contribution in [0.15, 0.2) is 54.7 Å². The first-order valence-electron chi connectivity index (χ1n) is 6.86. The lowest BCUT2D eigenvalue weighted by atomic mass is 10.2. The molecule has 0 radical (unpaired) electrons. The second-order valence-electron chi connectivity index (χ2n) is 5.00. The molecule has 0 saturated carbocycles. The van der Waals surface area contributed by atoms with Gasteiger partial charge in [0.25, 0.3) is 5.69 Å². The summed E-state index contributed by atoms with van der Waals surface area (Å²) in [7, 11) is 0. The lowest BCUT2D eigenvalue weighted by Gasteiger charge is -1.96. The highest BCUT2D eigenvalue weighted by Crippen LogP contribution is 2.32. The minimum Gasteiger partial charge on any atom is -0.361 e. The van der Waals surface area contributed by atoms with Gasteiger partial charge in [-0.1, -0.05) is 11.3 Å². The van der Waals surface area contributed by atoms with Crippen molar-refractivity contribution < 1.29 is 4.92 Å². The summed E-state index contributed by atoms with van der Waals surface area (Å²) in [5.41, 5.74) is 2.97. The van der Waals surface area contributed by atoms with Gasteiger partial charge in [-0.2, -0.15) is 0 Å².